The van der Waals surface area contributed by atoms with Gasteiger partial charge in [-0.3, -0.25) is 0 Å². The molecule has 1 atom stereocenters. The van der Waals surface area contributed by atoms with E-state index < -0.39 is 15.6 Å². The lowest BCUT2D eigenvalue weighted by Crippen LogP contribution is -2.44. The van der Waals surface area contributed by atoms with Crippen LogP contribution in [0.2, 0.25) is 0 Å². The molecule has 140 valence electrons. The Morgan fingerprint density at radius 3 is 2.58 bits per heavy atom. The fourth-order valence-electron chi connectivity index (χ4n) is 3.61. The lowest BCUT2D eigenvalue weighted by Gasteiger charge is -2.34. The third-order valence-electron chi connectivity index (χ3n) is 5.48. The van der Waals surface area contributed by atoms with E-state index in [1.165, 1.54) is 0 Å². The van der Waals surface area contributed by atoms with Crippen LogP contribution in [0.25, 0.3) is 11.5 Å². The molecular formula is C18H24N4O3S. The molecule has 0 spiro atoms. The molecule has 2 heterocycles. The molecule has 1 aromatic carbocycles. The molecule has 2 fully saturated rings. The van der Waals surface area contributed by atoms with Crippen LogP contribution in [0.15, 0.2) is 33.7 Å². The average molecular weight is 376 g/mol. The molecule has 0 radical (unpaired) electrons. The third-order valence-corrected chi connectivity index (χ3v) is 7.36. The van der Waals surface area contributed by atoms with Crippen LogP contribution in [0.5, 0.6) is 0 Å². The highest BCUT2D eigenvalue weighted by molar-refractivity contribution is 7.89. The fraction of sp³-hybridized carbons (Fsp3) is 0.556. The van der Waals surface area contributed by atoms with Gasteiger partial charge in [0.1, 0.15) is 0 Å². The van der Waals surface area contributed by atoms with Crippen molar-refractivity contribution in [1.82, 2.24) is 14.4 Å². The maximum Gasteiger partial charge on any atom is 0.257 e. The highest BCUT2D eigenvalue weighted by atomic mass is 32.2. The number of piperidine rings is 1. The average Bonchev–Trinajstić information content (AvgIpc) is 3.10. The van der Waals surface area contributed by atoms with Crippen molar-refractivity contribution >= 4 is 10.0 Å². The molecule has 0 amide bonds. The highest BCUT2D eigenvalue weighted by Gasteiger charge is 2.39. The van der Waals surface area contributed by atoms with Gasteiger partial charge in [-0.05, 0) is 62.3 Å². The summed E-state index contributed by atoms with van der Waals surface area (Å²) in [6.45, 7) is 3.25. The van der Waals surface area contributed by atoms with Crippen molar-refractivity contribution in [3.63, 3.8) is 0 Å². The number of sulfonamides is 1. The van der Waals surface area contributed by atoms with Crippen LogP contribution in [0.3, 0.4) is 0 Å². The lowest BCUT2D eigenvalue weighted by molar-refractivity contribution is 0.229. The van der Waals surface area contributed by atoms with Gasteiger partial charge in [-0.1, -0.05) is 12.1 Å². The van der Waals surface area contributed by atoms with E-state index in [2.05, 4.69) is 17.1 Å². The number of rotatable bonds is 4. The van der Waals surface area contributed by atoms with E-state index in [1.807, 2.05) is 0 Å². The number of nitrogens with zero attached hydrogens (tertiary/aromatic N) is 3. The predicted molar refractivity (Wildman–Crippen MR) is 96.6 cm³/mol. The summed E-state index contributed by atoms with van der Waals surface area (Å²) in [7, 11) is -3.46. The van der Waals surface area contributed by atoms with Gasteiger partial charge < -0.3 is 10.3 Å². The summed E-state index contributed by atoms with van der Waals surface area (Å²) < 4.78 is 32.5. The van der Waals surface area contributed by atoms with E-state index in [0.717, 1.165) is 32.1 Å². The molecule has 2 aliphatic rings. The third kappa shape index (κ3) is 3.06. The van der Waals surface area contributed by atoms with Crippen LogP contribution < -0.4 is 5.73 Å². The van der Waals surface area contributed by atoms with Gasteiger partial charge in [0.25, 0.3) is 5.89 Å². The first kappa shape index (κ1) is 17.6. The molecule has 8 heteroatoms. The Bertz CT molecular complexity index is 887. The van der Waals surface area contributed by atoms with E-state index in [9.17, 15) is 8.42 Å². The summed E-state index contributed by atoms with van der Waals surface area (Å²) >= 11 is 0. The van der Waals surface area contributed by atoms with Crippen LogP contribution in [0, 0.1) is 5.92 Å². The zero-order valence-corrected chi connectivity index (χ0v) is 15.7. The van der Waals surface area contributed by atoms with Crippen LogP contribution in [0.4, 0.5) is 0 Å². The first-order chi connectivity index (χ1) is 12.4. The van der Waals surface area contributed by atoms with Crippen molar-refractivity contribution in [1.29, 1.82) is 0 Å². The molecule has 4 rings (SSSR count). The Balaban J connectivity index is 1.55. The Kier molecular flexibility index (Phi) is 4.37. The van der Waals surface area contributed by atoms with Gasteiger partial charge in [-0.25, -0.2) is 8.42 Å². The normalized spacial score (nSPS) is 23.5. The summed E-state index contributed by atoms with van der Waals surface area (Å²) in [6.07, 6.45) is 4.77. The van der Waals surface area contributed by atoms with Crippen LogP contribution in [-0.2, 0) is 15.6 Å². The maximum absolute atomic E-state index is 12.8. The smallest absolute Gasteiger partial charge is 0.257 e. The standard InChI is InChI=1S/C18H24N4O3S/c1-13-4-2-11-22(12-13)26(23,24)15-7-5-14(6-8-15)16-20-17(21-25-16)18(19)9-3-10-18/h5-8,13H,2-4,9-12,19H2,1H3. The Hall–Kier alpha value is -1.77. The summed E-state index contributed by atoms with van der Waals surface area (Å²) in [5.74, 6) is 1.29. The monoisotopic (exact) mass is 376 g/mol. The van der Waals surface area contributed by atoms with Gasteiger partial charge in [-0.2, -0.15) is 9.29 Å². The molecule has 2 N–H and O–H groups in total. The van der Waals surface area contributed by atoms with Gasteiger partial charge in [0, 0.05) is 18.7 Å². The van der Waals surface area contributed by atoms with Crippen molar-refractivity contribution in [2.45, 2.75) is 49.5 Å². The minimum Gasteiger partial charge on any atom is -0.334 e. The van der Waals surface area contributed by atoms with Gasteiger partial charge >= 0.3 is 0 Å². The minimum absolute atomic E-state index is 0.296. The molecule has 1 unspecified atom stereocenters. The molecule has 1 saturated carbocycles. The minimum atomic E-state index is -3.46. The van der Waals surface area contributed by atoms with Crippen molar-refractivity contribution in [2.75, 3.05) is 13.1 Å². The van der Waals surface area contributed by atoms with E-state index >= 15 is 0 Å². The first-order valence-corrected chi connectivity index (χ1v) is 10.6. The fourth-order valence-corrected chi connectivity index (χ4v) is 5.21. The van der Waals surface area contributed by atoms with Crippen molar-refractivity contribution in [3.8, 4) is 11.5 Å². The molecule has 2 aromatic rings. The molecule has 1 aliphatic carbocycles. The zero-order chi connectivity index (χ0) is 18.4. The second-order valence-corrected chi connectivity index (χ2v) is 9.51. The number of nitrogens with two attached hydrogens (primary N) is 1. The van der Waals surface area contributed by atoms with Crippen LogP contribution in [0.1, 0.15) is 44.9 Å². The molecule has 1 aromatic heterocycles. The lowest BCUT2D eigenvalue weighted by atomic mass is 9.77. The Labute approximate surface area is 153 Å². The highest BCUT2D eigenvalue weighted by Crippen LogP contribution is 2.37. The van der Waals surface area contributed by atoms with Crippen LogP contribution in [-0.4, -0.2) is 36.0 Å². The number of hydrogen-bond acceptors (Lipinski definition) is 6. The van der Waals surface area contributed by atoms with E-state index in [0.29, 0.717) is 41.2 Å². The second-order valence-electron chi connectivity index (χ2n) is 7.57. The van der Waals surface area contributed by atoms with E-state index in [1.54, 1.807) is 28.6 Å². The van der Waals surface area contributed by atoms with Gasteiger partial charge in [0.2, 0.25) is 10.0 Å². The SMILES string of the molecule is CC1CCCN(S(=O)(=O)c2ccc(-c3nc(C4(N)CCC4)no3)cc2)C1. The van der Waals surface area contributed by atoms with Gasteiger partial charge in [0.05, 0.1) is 10.4 Å². The summed E-state index contributed by atoms with van der Waals surface area (Å²) in [4.78, 5) is 4.70. The quantitative estimate of drug-likeness (QED) is 0.879. The zero-order valence-electron chi connectivity index (χ0n) is 14.9. The Morgan fingerprint density at radius 2 is 1.96 bits per heavy atom. The number of benzene rings is 1. The van der Waals surface area contributed by atoms with Gasteiger partial charge in [-0.15, -0.1) is 0 Å². The van der Waals surface area contributed by atoms with Crippen molar-refractivity contribution in [3.05, 3.63) is 30.1 Å². The van der Waals surface area contributed by atoms with Crippen molar-refractivity contribution < 1.29 is 12.9 Å². The topological polar surface area (TPSA) is 102 Å². The molecule has 26 heavy (non-hydrogen) atoms. The summed E-state index contributed by atoms with van der Waals surface area (Å²) in [5.41, 5.74) is 6.44. The second kappa shape index (κ2) is 6.44. The molecule has 1 saturated heterocycles. The summed E-state index contributed by atoms with van der Waals surface area (Å²) in [6, 6.07) is 6.63. The summed E-state index contributed by atoms with van der Waals surface area (Å²) in [5, 5.41) is 4.00. The molecule has 1 aliphatic heterocycles. The molecular weight excluding hydrogens is 352 g/mol. The molecule has 0 bridgehead atoms. The van der Waals surface area contributed by atoms with Crippen LogP contribution >= 0.6 is 0 Å². The number of aromatic nitrogens is 2. The largest absolute Gasteiger partial charge is 0.334 e. The van der Waals surface area contributed by atoms with E-state index in [4.69, 9.17) is 10.3 Å². The molecule has 7 nitrogen and oxygen atoms in total. The first-order valence-electron chi connectivity index (χ1n) is 9.12. The van der Waals surface area contributed by atoms with E-state index in [-0.39, 0.29) is 0 Å². The maximum atomic E-state index is 12.8. The predicted octanol–water partition coefficient (Wildman–Crippen LogP) is 2.50. The Morgan fingerprint density at radius 1 is 1.23 bits per heavy atom. The van der Waals surface area contributed by atoms with Crippen molar-refractivity contribution in [2.24, 2.45) is 11.7 Å². The van der Waals surface area contributed by atoms with Gasteiger partial charge in [0.15, 0.2) is 5.82 Å². The number of hydrogen-bond donors (Lipinski definition) is 1.